The average molecular weight is 353 g/mol. The predicted octanol–water partition coefficient (Wildman–Crippen LogP) is 3.06. The Balaban J connectivity index is 2.03. The number of carbonyl (C=O) groups is 1. The summed E-state index contributed by atoms with van der Waals surface area (Å²) >= 11 is 0. The molecule has 134 valence electrons. The standard InChI is InChI=1S/C19H19N3O4/c1-11(2)19(24)26-10-13-8-14(25-4)9-17(18(13)23)22-20-15-6-5-12(3)7-16(15)21-22/h5-9,23H,1,10H2,2-4H3. The van der Waals surface area contributed by atoms with Crippen LogP contribution in [0.5, 0.6) is 11.5 Å². The van der Waals surface area contributed by atoms with Gasteiger partial charge in [0.05, 0.1) is 7.11 Å². The number of methoxy groups -OCH3 is 1. The fourth-order valence-electron chi connectivity index (χ4n) is 2.43. The second kappa shape index (κ2) is 6.87. The summed E-state index contributed by atoms with van der Waals surface area (Å²) in [6, 6.07) is 8.92. The number of carbonyl (C=O) groups excluding carboxylic acids is 1. The Hall–Kier alpha value is -3.35. The Morgan fingerprint density at radius 2 is 1.96 bits per heavy atom. The number of esters is 1. The number of aromatic hydroxyl groups is 1. The van der Waals surface area contributed by atoms with Gasteiger partial charge < -0.3 is 14.6 Å². The largest absolute Gasteiger partial charge is 0.505 e. The van der Waals surface area contributed by atoms with Crippen LogP contribution in [0.25, 0.3) is 16.7 Å². The van der Waals surface area contributed by atoms with Crippen molar-refractivity contribution in [2.24, 2.45) is 0 Å². The first-order valence-corrected chi connectivity index (χ1v) is 7.95. The minimum absolute atomic E-state index is 0.0858. The Kier molecular flexibility index (Phi) is 4.62. The summed E-state index contributed by atoms with van der Waals surface area (Å²) in [4.78, 5) is 13.0. The maximum absolute atomic E-state index is 11.6. The SMILES string of the molecule is C=C(C)C(=O)OCc1cc(OC)cc(-n2nc3ccc(C)cc3n2)c1O. The normalized spacial score (nSPS) is 10.7. The molecule has 0 fully saturated rings. The van der Waals surface area contributed by atoms with Gasteiger partial charge in [0, 0.05) is 17.2 Å². The maximum Gasteiger partial charge on any atom is 0.333 e. The Morgan fingerprint density at radius 1 is 1.23 bits per heavy atom. The van der Waals surface area contributed by atoms with Gasteiger partial charge in [0.15, 0.2) is 0 Å². The molecule has 0 bridgehead atoms. The summed E-state index contributed by atoms with van der Waals surface area (Å²) in [5.41, 5.74) is 3.47. The van der Waals surface area contributed by atoms with Crippen LogP contribution in [0, 0.1) is 6.92 Å². The van der Waals surface area contributed by atoms with E-state index >= 15 is 0 Å². The van der Waals surface area contributed by atoms with E-state index in [4.69, 9.17) is 9.47 Å². The zero-order chi connectivity index (χ0) is 18.8. The summed E-state index contributed by atoms with van der Waals surface area (Å²) in [5.74, 6) is -0.138. The quantitative estimate of drug-likeness (QED) is 0.560. The van der Waals surface area contributed by atoms with Crippen molar-refractivity contribution in [2.75, 3.05) is 7.11 Å². The molecule has 0 aliphatic carbocycles. The van der Waals surface area contributed by atoms with E-state index in [0.717, 1.165) is 5.56 Å². The number of ether oxygens (including phenoxy) is 2. The predicted molar refractivity (Wildman–Crippen MR) is 96.4 cm³/mol. The van der Waals surface area contributed by atoms with Crippen molar-refractivity contribution in [2.45, 2.75) is 20.5 Å². The van der Waals surface area contributed by atoms with Crippen LogP contribution in [-0.2, 0) is 16.1 Å². The van der Waals surface area contributed by atoms with E-state index < -0.39 is 5.97 Å². The van der Waals surface area contributed by atoms with Crippen LogP contribution in [0.4, 0.5) is 0 Å². The molecule has 3 rings (SSSR count). The van der Waals surface area contributed by atoms with Crippen LogP contribution >= 0.6 is 0 Å². The Labute approximate surface area is 150 Å². The van der Waals surface area contributed by atoms with Crippen molar-refractivity contribution in [3.8, 4) is 17.2 Å². The topological polar surface area (TPSA) is 86.5 Å². The zero-order valence-electron chi connectivity index (χ0n) is 14.8. The monoisotopic (exact) mass is 353 g/mol. The Bertz CT molecular complexity index is 1010. The first kappa shape index (κ1) is 17.5. The molecular weight excluding hydrogens is 334 g/mol. The van der Waals surface area contributed by atoms with Gasteiger partial charge in [-0.15, -0.1) is 15.0 Å². The lowest BCUT2D eigenvalue weighted by Crippen LogP contribution is -2.07. The highest BCUT2D eigenvalue weighted by Gasteiger charge is 2.16. The van der Waals surface area contributed by atoms with E-state index in [1.165, 1.54) is 11.9 Å². The number of hydrogen-bond acceptors (Lipinski definition) is 6. The van der Waals surface area contributed by atoms with Gasteiger partial charge in [-0.1, -0.05) is 12.6 Å². The molecule has 0 radical (unpaired) electrons. The second-order valence-corrected chi connectivity index (χ2v) is 5.99. The van der Waals surface area contributed by atoms with Crippen molar-refractivity contribution >= 4 is 17.0 Å². The third-order valence-corrected chi connectivity index (χ3v) is 3.84. The summed E-state index contributed by atoms with van der Waals surface area (Å²) in [6.07, 6.45) is 0. The van der Waals surface area contributed by atoms with Crippen LogP contribution < -0.4 is 4.74 Å². The summed E-state index contributed by atoms with van der Waals surface area (Å²) in [5, 5.41) is 19.4. The van der Waals surface area contributed by atoms with E-state index in [-0.39, 0.29) is 17.9 Å². The highest BCUT2D eigenvalue weighted by atomic mass is 16.5. The van der Waals surface area contributed by atoms with Gasteiger partial charge in [0.25, 0.3) is 0 Å². The molecule has 0 unspecified atom stereocenters. The third-order valence-electron chi connectivity index (χ3n) is 3.84. The van der Waals surface area contributed by atoms with Crippen molar-refractivity contribution in [3.63, 3.8) is 0 Å². The van der Waals surface area contributed by atoms with Crippen molar-refractivity contribution in [1.29, 1.82) is 0 Å². The van der Waals surface area contributed by atoms with E-state index in [1.807, 2.05) is 25.1 Å². The molecule has 3 aromatic rings. The number of benzene rings is 2. The number of phenols is 1. The summed E-state index contributed by atoms with van der Waals surface area (Å²) in [6.45, 7) is 6.93. The first-order chi connectivity index (χ1) is 12.4. The van der Waals surface area contributed by atoms with Crippen LogP contribution in [0.3, 0.4) is 0 Å². The molecule has 0 aliphatic heterocycles. The molecule has 7 nitrogen and oxygen atoms in total. The molecule has 0 aliphatic rings. The van der Waals surface area contributed by atoms with Crippen LogP contribution in [0.15, 0.2) is 42.5 Å². The number of rotatable bonds is 5. The molecule has 1 aromatic heterocycles. The number of aromatic nitrogens is 3. The molecule has 0 spiro atoms. The van der Waals surface area contributed by atoms with Crippen LogP contribution in [-0.4, -0.2) is 33.2 Å². The second-order valence-electron chi connectivity index (χ2n) is 5.99. The van der Waals surface area contributed by atoms with E-state index in [1.54, 1.807) is 19.1 Å². The molecule has 0 amide bonds. The molecule has 0 saturated carbocycles. The Morgan fingerprint density at radius 3 is 2.65 bits per heavy atom. The molecule has 26 heavy (non-hydrogen) atoms. The van der Waals surface area contributed by atoms with Gasteiger partial charge >= 0.3 is 5.97 Å². The van der Waals surface area contributed by atoms with Gasteiger partial charge in [-0.05, 0) is 37.6 Å². The molecule has 7 heteroatoms. The number of phenolic OH excluding ortho intramolecular Hbond substituents is 1. The number of nitrogens with zero attached hydrogens (tertiary/aromatic N) is 3. The summed E-state index contributed by atoms with van der Waals surface area (Å²) < 4.78 is 10.4. The lowest BCUT2D eigenvalue weighted by atomic mass is 10.1. The van der Waals surface area contributed by atoms with Crippen LogP contribution in [0.1, 0.15) is 18.1 Å². The van der Waals surface area contributed by atoms with E-state index in [0.29, 0.717) is 28.0 Å². The van der Waals surface area contributed by atoms with Gasteiger partial charge in [-0.3, -0.25) is 0 Å². The molecule has 1 N–H and O–H groups in total. The maximum atomic E-state index is 11.6. The molecular formula is C19H19N3O4. The minimum atomic E-state index is -0.535. The highest BCUT2D eigenvalue weighted by Crippen LogP contribution is 2.32. The molecule has 1 heterocycles. The fourth-order valence-corrected chi connectivity index (χ4v) is 2.43. The van der Waals surface area contributed by atoms with Gasteiger partial charge in [0.2, 0.25) is 0 Å². The molecule has 0 atom stereocenters. The van der Waals surface area contributed by atoms with Gasteiger partial charge in [-0.2, -0.15) is 0 Å². The van der Waals surface area contributed by atoms with Crippen LogP contribution in [0.2, 0.25) is 0 Å². The third kappa shape index (κ3) is 3.37. The lowest BCUT2D eigenvalue weighted by Gasteiger charge is -2.12. The average Bonchev–Trinajstić information content (AvgIpc) is 3.03. The molecule has 2 aromatic carbocycles. The molecule has 0 saturated heterocycles. The first-order valence-electron chi connectivity index (χ1n) is 7.95. The number of hydrogen-bond donors (Lipinski definition) is 1. The van der Waals surface area contributed by atoms with Crippen molar-refractivity contribution in [3.05, 3.63) is 53.6 Å². The fraction of sp³-hybridized carbons (Fsp3) is 0.211. The van der Waals surface area contributed by atoms with Crippen molar-refractivity contribution < 1.29 is 19.4 Å². The lowest BCUT2D eigenvalue weighted by molar-refractivity contribution is -0.140. The zero-order valence-corrected chi connectivity index (χ0v) is 14.8. The summed E-state index contributed by atoms with van der Waals surface area (Å²) in [7, 11) is 1.51. The van der Waals surface area contributed by atoms with Crippen molar-refractivity contribution in [1.82, 2.24) is 15.0 Å². The van der Waals surface area contributed by atoms with Gasteiger partial charge in [-0.25, -0.2) is 4.79 Å². The van der Waals surface area contributed by atoms with E-state index in [9.17, 15) is 9.90 Å². The number of aryl methyl sites for hydroxylation is 1. The van der Waals surface area contributed by atoms with Gasteiger partial charge in [0.1, 0.15) is 34.8 Å². The van der Waals surface area contributed by atoms with E-state index in [2.05, 4.69) is 16.8 Å². The smallest absolute Gasteiger partial charge is 0.333 e. The minimum Gasteiger partial charge on any atom is -0.505 e. The number of fused-ring (bicyclic) bond motifs is 1. The highest BCUT2D eigenvalue weighted by molar-refractivity contribution is 5.87.